The number of quaternary nitrogens is 1. The number of aryl methyl sites for hydroxylation is 1. The number of pyridine rings is 1. The molecule has 0 bridgehead atoms. The number of hydrogen-bond acceptors (Lipinski definition) is 3. The molecule has 0 fully saturated rings. The highest BCUT2D eigenvalue weighted by molar-refractivity contribution is 7.99. The van der Waals surface area contributed by atoms with E-state index in [0.29, 0.717) is 0 Å². The Morgan fingerprint density at radius 3 is 2.82 bits per heavy atom. The minimum Gasteiger partial charge on any atom is -0.354 e. The van der Waals surface area contributed by atoms with E-state index < -0.39 is 0 Å². The molecule has 1 aromatic rings. The van der Waals surface area contributed by atoms with Gasteiger partial charge >= 0.3 is 0 Å². The molecule has 0 amide bonds. The number of hydrogen-bond donors (Lipinski definition) is 2. The number of nitrogens with one attached hydrogen (secondary N) is 2. The van der Waals surface area contributed by atoms with Crippen molar-refractivity contribution in [3.63, 3.8) is 0 Å². The molecule has 22 heavy (non-hydrogen) atoms. The van der Waals surface area contributed by atoms with Crippen molar-refractivity contribution in [1.29, 1.82) is 5.26 Å². The lowest BCUT2D eigenvalue weighted by atomic mass is 9.91. The Labute approximate surface area is 137 Å². The summed E-state index contributed by atoms with van der Waals surface area (Å²) in [6, 6.07) is 2.43. The molecule has 0 saturated carbocycles. The van der Waals surface area contributed by atoms with Crippen molar-refractivity contribution in [1.82, 2.24) is 0 Å². The number of nitrogens with zero attached hydrogens (tertiary/aromatic N) is 1. The SMILES string of the molecule is CCCCc1[nH+]c(NCC[NH3+])c(C#N)c2c1CSC(C)(C)C2. The first-order valence-electron chi connectivity index (χ1n) is 8.19. The minimum atomic E-state index is 0.200. The van der Waals surface area contributed by atoms with E-state index in [2.05, 4.69) is 42.9 Å². The van der Waals surface area contributed by atoms with Crippen LogP contribution in [0, 0.1) is 11.3 Å². The number of H-pyrrole nitrogens is 1. The number of thioether (sulfide) groups is 1. The van der Waals surface area contributed by atoms with Crippen LogP contribution in [0.1, 0.15) is 56.0 Å². The molecule has 1 aliphatic rings. The van der Waals surface area contributed by atoms with Crippen LogP contribution < -0.4 is 16.0 Å². The maximum atomic E-state index is 9.68. The number of aromatic amines is 1. The van der Waals surface area contributed by atoms with Gasteiger partial charge in [0.1, 0.15) is 30.4 Å². The summed E-state index contributed by atoms with van der Waals surface area (Å²) in [6.07, 6.45) is 4.38. The minimum absolute atomic E-state index is 0.200. The molecule has 1 aliphatic heterocycles. The molecule has 0 saturated heterocycles. The summed E-state index contributed by atoms with van der Waals surface area (Å²) in [4.78, 5) is 3.51. The van der Waals surface area contributed by atoms with Crippen LogP contribution in [0.15, 0.2) is 0 Å². The van der Waals surface area contributed by atoms with Crippen LogP contribution >= 0.6 is 11.8 Å². The second-order valence-corrected chi connectivity index (χ2v) is 8.21. The van der Waals surface area contributed by atoms with Crippen molar-refractivity contribution < 1.29 is 10.7 Å². The van der Waals surface area contributed by atoms with E-state index in [0.717, 1.165) is 43.1 Å². The van der Waals surface area contributed by atoms with E-state index in [1.54, 1.807) is 0 Å². The van der Waals surface area contributed by atoms with E-state index in [1.807, 2.05) is 11.8 Å². The van der Waals surface area contributed by atoms with Crippen LogP contribution in [0.2, 0.25) is 0 Å². The number of rotatable bonds is 6. The Morgan fingerprint density at radius 1 is 1.41 bits per heavy atom. The Hall–Kier alpha value is -1.25. The molecule has 120 valence electrons. The Morgan fingerprint density at radius 2 is 2.18 bits per heavy atom. The molecule has 5 N–H and O–H groups in total. The van der Waals surface area contributed by atoms with Crippen LogP contribution in [-0.4, -0.2) is 17.8 Å². The standard InChI is InChI=1S/C17H26N4S/c1-4-5-6-15-14-11-22-17(2,3)9-12(14)13(10-19)16(21-15)20-8-7-18/h4-9,11,18H2,1-3H3,(H,20,21)/p+2. The van der Waals surface area contributed by atoms with Gasteiger partial charge < -0.3 is 5.73 Å². The fourth-order valence-corrected chi connectivity index (χ4v) is 4.05. The summed E-state index contributed by atoms with van der Waals surface area (Å²) in [6.45, 7) is 8.35. The topological polar surface area (TPSA) is 77.6 Å². The van der Waals surface area contributed by atoms with Crippen LogP contribution in [0.3, 0.4) is 0 Å². The number of fused-ring (bicyclic) bond motifs is 1. The lowest BCUT2D eigenvalue weighted by molar-refractivity contribution is -0.378. The monoisotopic (exact) mass is 320 g/mol. The lowest BCUT2D eigenvalue weighted by Crippen LogP contribution is -2.53. The quantitative estimate of drug-likeness (QED) is 0.841. The highest BCUT2D eigenvalue weighted by atomic mass is 32.2. The molecule has 0 radical (unpaired) electrons. The third-order valence-electron chi connectivity index (χ3n) is 4.14. The Kier molecular flexibility index (Phi) is 5.71. The molecule has 0 atom stereocenters. The van der Waals surface area contributed by atoms with Gasteiger partial charge in [-0.15, -0.1) is 0 Å². The molecule has 0 aromatic carbocycles. The van der Waals surface area contributed by atoms with Crippen molar-refractivity contribution in [2.45, 2.75) is 57.0 Å². The molecule has 0 unspecified atom stereocenters. The summed E-state index contributed by atoms with van der Waals surface area (Å²) in [5, 5.41) is 13.0. The number of aromatic nitrogens is 1. The molecule has 4 nitrogen and oxygen atoms in total. The zero-order valence-corrected chi connectivity index (χ0v) is 14.8. The van der Waals surface area contributed by atoms with E-state index in [-0.39, 0.29) is 4.75 Å². The first-order chi connectivity index (χ1) is 10.5. The number of anilines is 1. The first-order valence-corrected chi connectivity index (χ1v) is 9.18. The molecule has 5 heteroatoms. The van der Waals surface area contributed by atoms with Gasteiger partial charge in [-0.25, -0.2) is 4.98 Å². The van der Waals surface area contributed by atoms with Crippen molar-refractivity contribution in [2.24, 2.45) is 0 Å². The third kappa shape index (κ3) is 3.74. The number of nitriles is 1. The maximum absolute atomic E-state index is 9.68. The van der Waals surface area contributed by atoms with Crippen molar-refractivity contribution in [3.8, 4) is 6.07 Å². The summed E-state index contributed by atoms with van der Waals surface area (Å²) in [5.41, 5.74) is 8.61. The van der Waals surface area contributed by atoms with Gasteiger partial charge in [-0.05, 0) is 18.4 Å². The molecule has 0 spiro atoms. The molecule has 2 heterocycles. The predicted octanol–water partition coefficient (Wildman–Crippen LogP) is 1.94. The molecular weight excluding hydrogens is 292 g/mol. The van der Waals surface area contributed by atoms with Gasteiger partial charge in [0.05, 0.1) is 0 Å². The van der Waals surface area contributed by atoms with Crippen molar-refractivity contribution in [3.05, 3.63) is 22.4 Å². The van der Waals surface area contributed by atoms with Gasteiger partial charge in [0, 0.05) is 22.5 Å². The van der Waals surface area contributed by atoms with Gasteiger partial charge in [0.25, 0.3) is 5.82 Å². The van der Waals surface area contributed by atoms with E-state index >= 15 is 0 Å². The Balaban J connectivity index is 2.50. The van der Waals surface area contributed by atoms with Gasteiger partial charge in [-0.3, -0.25) is 5.32 Å². The number of unbranched alkanes of at least 4 members (excludes halogenated alkanes) is 1. The molecular formula is C17H28N4S+2. The van der Waals surface area contributed by atoms with Crippen LogP contribution in [0.4, 0.5) is 5.82 Å². The fraction of sp³-hybridized carbons (Fsp3) is 0.647. The van der Waals surface area contributed by atoms with Crippen molar-refractivity contribution in [2.75, 3.05) is 18.4 Å². The van der Waals surface area contributed by atoms with E-state index in [4.69, 9.17) is 0 Å². The maximum Gasteiger partial charge on any atom is 0.291 e. The highest BCUT2D eigenvalue weighted by Gasteiger charge is 2.33. The zero-order chi connectivity index (χ0) is 16.2. The van der Waals surface area contributed by atoms with Crippen LogP contribution in [0.25, 0.3) is 0 Å². The Bertz CT molecular complexity index is 575. The zero-order valence-electron chi connectivity index (χ0n) is 14.0. The summed E-state index contributed by atoms with van der Waals surface area (Å²) < 4.78 is 0.200. The largest absolute Gasteiger partial charge is 0.354 e. The predicted molar refractivity (Wildman–Crippen MR) is 91.6 cm³/mol. The van der Waals surface area contributed by atoms with Crippen molar-refractivity contribution >= 4 is 17.6 Å². The lowest BCUT2D eigenvalue weighted by Gasteiger charge is -2.31. The third-order valence-corrected chi connectivity index (χ3v) is 5.50. The second kappa shape index (κ2) is 7.34. The summed E-state index contributed by atoms with van der Waals surface area (Å²) in [7, 11) is 0. The van der Waals surface area contributed by atoms with Gasteiger partial charge in [0.15, 0.2) is 0 Å². The normalized spacial score (nSPS) is 16.0. The highest BCUT2D eigenvalue weighted by Crippen LogP contribution is 2.41. The summed E-state index contributed by atoms with van der Waals surface area (Å²) in [5.74, 6) is 1.89. The summed E-state index contributed by atoms with van der Waals surface area (Å²) >= 11 is 1.99. The molecule has 0 aliphatic carbocycles. The fourth-order valence-electron chi connectivity index (χ4n) is 2.92. The van der Waals surface area contributed by atoms with E-state index in [1.165, 1.54) is 29.7 Å². The molecule has 1 aromatic heterocycles. The second-order valence-electron chi connectivity index (χ2n) is 6.53. The average Bonchev–Trinajstić information content (AvgIpc) is 2.49. The van der Waals surface area contributed by atoms with Gasteiger partial charge in [-0.1, -0.05) is 27.2 Å². The molecule has 2 rings (SSSR count). The van der Waals surface area contributed by atoms with E-state index in [9.17, 15) is 5.26 Å². The average molecular weight is 321 g/mol. The van der Waals surface area contributed by atoms with Gasteiger partial charge in [0.2, 0.25) is 0 Å². The van der Waals surface area contributed by atoms with Crippen LogP contribution in [-0.2, 0) is 18.6 Å². The smallest absolute Gasteiger partial charge is 0.291 e. The van der Waals surface area contributed by atoms with Gasteiger partial charge in [-0.2, -0.15) is 17.0 Å². The van der Waals surface area contributed by atoms with Crippen LogP contribution in [0.5, 0.6) is 0 Å². The first kappa shape index (κ1) is 17.1.